The minimum absolute atomic E-state index is 0.0404. The van der Waals surface area contributed by atoms with Gasteiger partial charge in [0.05, 0.1) is 36.4 Å². The maximum absolute atomic E-state index is 6.09. The molecule has 0 aliphatic carbocycles. The summed E-state index contributed by atoms with van der Waals surface area (Å²) >= 11 is 0. The van der Waals surface area contributed by atoms with E-state index in [9.17, 15) is 0 Å². The molecule has 1 saturated heterocycles. The number of nitrogens with zero attached hydrogens (tertiary/aromatic N) is 7. The van der Waals surface area contributed by atoms with Gasteiger partial charge in [-0.1, -0.05) is 6.07 Å². The Morgan fingerprint density at radius 2 is 2.03 bits per heavy atom. The third kappa shape index (κ3) is 4.49. The number of fused-ring (bicyclic) bond motifs is 2. The van der Waals surface area contributed by atoms with Gasteiger partial charge in [0.25, 0.3) is 0 Å². The Bertz CT molecular complexity index is 1340. The second kappa shape index (κ2) is 9.52. The summed E-state index contributed by atoms with van der Waals surface area (Å²) in [5.74, 6) is 2.27. The fourth-order valence-electron chi connectivity index (χ4n) is 4.72. The standard InChI is InChI=1S/C25H34N8O2/c1-15(2)26-23-25-30-29-17(4)32(25)12-20(27-23)24-28-19-8-7-18(22-13-31(5)9-10-35-22)11-21(19)33(24)16(3)14-34-6/h7-8,11-12,15-16,22H,9-10,13-14H2,1-6H3,(H,26,27)/t16-,22?/m0/s1. The molecule has 0 bridgehead atoms. The summed E-state index contributed by atoms with van der Waals surface area (Å²) < 4.78 is 15.8. The van der Waals surface area contributed by atoms with Crippen LogP contribution < -0.4 is 5.32 Å². The molecule has 4 aromatic rings. The number of imidazole rings is 1. The van der Waals surface area contributed by atoms with E-state index in [1.807, 2.05) is 17.5 Å². The van der Waals surface area contributed by atoms with Crippen LogP contribution in [0.15, 0.2) is 24.4 Å². The molecule has 35 heavy (non-hydrogen) atoms. The minimum atomic E-state index is 0.0404. The molecule has 5 rings (SSSR count). The summed E-state index contributed by atoms with van der Waals surface area (Å²) in [4.78, 5) is 12.3. The van der Waals surface area contributed by atoms with E-state index in [1.165, 1.54) is 0 Å². The van der Waals surface area contributed by atoms with E-state index < -0.39 is 0 Å². The Hall–Kier alpha value is -3.08. The van der Waals surface area contributed by atoms with Crippen LogP contribution in [-0.4, -0.2) is 80.5 Å². The number of likely N-dealkylation sites (N-methyl/N-ethyl adjacent to an activating group) is 1. The summed E-state index contributed by atoms with van der Waals surface area (Å²) in [6, 6.07) is 6.66. The molecule has 0 spiro atoms. The zero-order valence-corrected chi connectivity index (χ0v) is 21.3. The highest BCUT2D eigenvalue weighted by atomic mass is 16.5. The van der Waals surface area contributed by atoms with Gasteiger partial charge in [-0.25, -0.2) is 9.97 Å². The molecule has 1 aliphatic rings. The molecule has 10 heteroatoms. The van der Waals surface area contributed by atoms with E-state index in [1.54, 1.807) is 7.11 Å². The van der Waals surface area contributed by atoms with Crippen LogP contribution in [-0.2, 0) is 9.47 Å². The van der Waals surface area contributed by atoms with Crippen LogP contribution in [0.5, 0.6) is 0 Å². The van der Waals surface area contributed by atoms with Gasteiger partial charge in [-0.15, -0.1) is 10.2 Å². The van der Waals surface area contributed by atoms with Gasteiger partial charge in [0.15, 0.2) is 11.6 Å². The zero-order valence-electron chi connectivity index (χ0n) is 21.3. The SMILES string of the molecule is COC[C@H](C)n1c(-c2cn3c(C)nnc3c(NC(C)C)n2)nc2ccc(C3CN(C)CCO3)cc21. The Morgan fingerprint density at radius 1 is 1.20 bits per heavy atom. The molecule has 186 valence electrons. The summed E-state index contributed by atoms with van der Waals surface area (Å²) in [7, 11) is 3.86. The number of hydrogen-bond donors (Lipinski definition) is 1. The number of nitrogens with one attached hydrogen (secondary N) is 1. The molecule has 4 heterocycles. The summed E-state index contributed by atoms with van der Waals surface area (Å²) in [5.41, 5.74) is 4.56. The van der Waals surface area contributed by atoms with E-state index in [0.717, 1.165) is 53.6 Å². The van der Waals surface area contributed by atoms with Crippen LogP contribution >= 0.6 is 0 Å². The van der Waals surface area contributed by atoms with Crippen LogP contribution in [0, 0.1) is 6.92 Å². The van der Waals surface area contributed by atoms with Gasteiger partial charge >= 0.3 is 0 Å². The molecule has 3 aromatic heterocycles. The monoisotopic (exact) mass is 478 g/mol. The second-order valence-electron chi connectivity index (χ2n) is 9.69. The smallest absolute Gasteiger partial charge is 0.203 e. The molecule has 0 amide bonds. The first kappa shape index (κ1) is 23.7. The van der Waals surface area contributed by atoms with Crippen molar-refractivity contribution in [3.05, 3.63) is 35.8 Å². The number of benzene rings is 1. The fraction of sp³-hybridized carbons (Fsp3) is 0.520. The van der Waals surface area contributed by atoms with E-state index in [4.69, 9.17) is 19.4 Å². The summed E-state index contributed by atoms with van der Waals surface area (Å²) in [6.45, 7) is 11.3. The lowest BCUT2D eigenvalue weighted by Crippen LogP contribution is -2.35. The van der Waals surface area contributed by atoms with Crippen molar-refractivity contribution in [1.29, 1.82) is 0 Å². The molecule has 1 fully saturated rings. The Balaban J connectivity index is 1.69. The Labute approximate surface area is 205 Å². The number of methoxy groups -OCH3 is 1. The van der Waals surface area contributed by atoms with Gasteiger partial charge in [-0.2, -0.15) is 0 Å². The topological polar surface area (TPSA) is 94.6 Å². The van der Waals surface area contributed by atoms with Crippen LogP contribution in [0.4, 0.5) is 5.82 Å². The maximum Gasteiger partial charge on any atom is 0.203 e. The normalized spacial score (nSPS) is 18.1. The first-order valence-corrected chi connectivity index (χ1v) is 12.2. The van der Waals surface area contributed by atoms with Crippen molar-refractivity contribution < 1.29 is 9.47 Å². The zero-order chi connectivity index (χ0) is 24.7. The summed E-state index contributed by atoms with van der Waals surface area (Å²) in [5, 5.41) is 12.0. The molecule has 10 nitrogen and oxygen atoms in total. The van der Waals surface area contributed by atoms with Crippen LogP contribution in [0.2, 0.25) is 0 Å². The highest BCUT2D eigenvalue weighted by molar-refractivity contribution is 5.81. The molecule has 1 N–H and O–H groups in total. The van der Waals surface area contributed by atoms with Gasteiger partial charge < -0.3 is 24.3 Å². The van der Waals surface area contributed by atoms with Crippen molar-refractivity contribution in [2.24, 2.45) is 0 Å². The average molecular weight is 479 g/mol. The molecule has 1 unspecified atom stereocenters. The first-order valence-electron chi connectivity index (χ1n) is 12.2. The van der Waals surface area contributed by atoms with Crippen molar-refractivity contribution in [2.75, 3.05) is 45.8 Å². The average Bonchev–Trinajstić information content (AvgIpc) is 3.39. The molecule has 2 atom stereocenters. The number of rotatable bonds is 7. The fourth-order valence-corrected chi connectivity index (χ4v) is 4.72. The van der Waals surface area contributed by atoms with Crippen molar-refractivity contribution >= 4 is 22.5 Å². The van der Waals surface area contributed by atoms with Gasteiger partial charge in [-0.05, 0) is 52.4 Å². The lowest BCUT2D eigenvalue weighted by molar-refractivity contribution is -0.0208. The first-order chi connectivity index (χ1) is 16.9. The number of aryl methyl sites for hydroxylation is 1. The van der Waals surface area contributed by atoms with Gasteiger partial charge in [-0.3, -0.25) is 4.40 Å². The third-order valence-electron chi connectivity index (χ3n) is 6.42. The molecule has 0 radical (unpaired) electrons. The lowest BCUT2D eigenvalue weighted by atomic mass is 10.1. The van der Waals surface area contributed by atoms with Crippen LogP contribution in [0.3, 0.4) is 0 Å². The van der Waals surface area contributed by atoms with E-state index >= 15 is 0 Å². The van der Waals surface area contributed by atoms with Crippen molar-refractivity contribution in [1.82, 2.24) is 34.0 Å². The predicted octanol–water partition coefficient (Wildman–Crippen LogP) is 3.48. The van der Waals surface area contributed by atoms with E-state index in [0.29, 0.717) is 18.1 Å². The van der Waals surface area contributed by atoms with Crippen LogP contribution in [0.1, 0.15) is 44.3 Å². The van der Waals surface area contributed by atoms with Crippen molar-refractivity contribution in [3.8, 4) is 11.5 Å². The predicted molar refractivity (Wildman–Crippen MR) is 136 cm³/mol. The number of aromatic nitrogens is 6. The Morgan fingerprint density at radius 3 is 2.77 bits per heavy atom. The number of morpholine rings is 1. The van der Waals surface area contributed by atoms with Gasteiger partial charge in [0, 0.05) is 32.4 Å². The third-order valence-corrected chi connectivity index (χ3v) is 6.42. The highest BCUT2D eigenvalue weighted by Crippen LogP contribution is 2.32. The number of ether oxygens (including phenoxy) is 2. The molecule has 1 aromatic carbocycles. The Kier molecular flexibility index (Phi) is 6.43. The van der Waals surface area contributed by atoms with Gasteiger partial charge in [0.1, 0.15) is 11.5 Å². The number of anilines is 1. The quantitative estimate of drug-likeness (QED) is 0.431. The number of hydrogen-bond acceptors (Lipinski definition) is 8. The van der Waals surface area contributed by atoms with Gasteiger partial charge in [0.2, 0.25) is 5.65 Å². The minimum Gasteiger partial charge on any atom is -0.383 e. The molecule has 0 saturated carbocycles. The molecule has 1 aliphatic heterocycles. The molecular formula is C25H34N8O2. The summed E-state index contributed by atoms with van der Waals surface area (Å²) in [6.07, 6.45) is 2.01. The highest BCUT2D eigenvalue weighted by Gasteiger charge is 2.24. The van der Waals surface area contributed by atoms with Crippen molar-refractivity contribution in [2.45, 2.75) is 45.9 Å². The largest absolute Gasteiger partial charge is 0.383 e. The molecular weight excluding hydrogens is 444 g/mol. The lowest BCUT2D eigenvalue weighted by Gasteiger charge is -2.30. The maximum atomic E-state index is 6.09. The second-order valence-corrected chi connectivity index (χ2v) is 9.69. The van der Waals surface area contributed by atoms with Crippen LogP contribution in [0.25, 0.3) is 28.2 Å². The van der Waals surface area contributed by atoms with E-state index in [2.05, 4.69) is 71.0 Å². The van der Waals surface area contributed by atoms with E-state index in [-0.39, 0.29) is 18.2 Å². The van der Waals surface area contributed by atoms with Crippen molar-refractivity contribution in [3.63, 3.8) is 0 Å².